The summed E-state index contributed by atoms with van der Waals surface area (Å²) in [7, 11) is -3.70. The van der Waals surface area contributed by atoms with Crippen LogP contribution in [0.2, 0.25) is 0 Å². The Morgan fingerprint density at radius 2 is 1.85 bits per heavy atom. The standard InChI is InChI=1S/C20H25FN2O3S/c1-15-6-4-7-17(14-15)8-5-13-22-20(24)16(2)23(27(3,25)26)19-11-9-18(21)10-12-19/h4,6-7,9-12,14,16H,5,8,13H2,1-3H3,(H,22,24)/t16-/m0/s1. The summed E-state index contributed by atoms with van der Waals surface area (Å²) in [6, 6.07) is 12.3. The zero-order chi connectivity index (χ0) is 20.0. The highest BCUT2D eigenvalue weighted by atomic mass is 32.2. The zero-order valence-corrected chi connectivity index (χ0v) is 16.6. The highest BCUT2D eigenvalue weighted by Gasteiger charge is 2.28. The summed E-state index contributed by atoms with van der Waals surface area (Å²) in [6.45, 7) is 3.99. The smallest absolute Gasteiger partial charge is 0.243 e. The number of anilines is 1. The highest BCUT2D eigenvalue weighted by Crippen LogP contribution is 2.21. The molecule has 0 aliphatic carbocycles. The van der Waals surface area contributed by atoms with Gasteiger partial charge in [-0.15, -0.1) is 0 Å². The molecule has 146 valence electrons. The van der Waals surface area contributed by atoms with Crippen LogP contribution in [-0.4, -0.2) is 33.2 Å². The van der Waals surface area contributed by atoms with Gasteiger partial charge in [0.05, 0.1) is 11.9 Å². The van der Waals surface area contributed by atoms with Crippen molar-refractivity contribution >= 4 is 21.6 Å². The van der Waals surface area contributed by atoms with Gasteiger partial charge in [-0.1, -0.05) is 29.8 Å². The first-order chi connectivity index (χ1) is 12.7. The third-order valence-electron chi connectivity index (χ3n) is 4.19. The fraction of sp³-hybridized carbons (Fsp3) is 0.350. The first kappa shape index (κ1) is 20.9. The monoisotopic (exact) mass is 392 g/mol. The van der Waals surface area contributed by atoms with Crippen LogP contribution in [0.25, 0.3) is 0 Å². The second-order valence-electron chi connectivity index (χ2n) is 6.59. The lowest BCUT2D eigenvalue weighted by Crippen LogP contribution is -2.48. The summed E-state index contributed by atoms with van der Waals surface area (Å²) < 4.78 is 38.5. The van der Waals surface area contributed by atoms with Gasteiger partial charge in [0.2, 0.25) is 15.9 Å². The van der Waals surface area contributed by atoms with Crippen molar-refractivity contribution in [3.05, 3.63) is 65.5 Å². The lowest BCUT2D eigenvalue weighted by molar-refractivity contribution is -0.121. The van der Waals surface area contributed by atoms with Gasteiger partial charge in [0.25, 0.3) is 0 Å². The number of hydrogen-bond donors (Lipinski definition) is 1. The van der Waals surface area contributed by atoms with Crippen LogP contribution in [0.4, 0.5) is 10.1 Å². The molecular weight excluding hydrogens is 367 g/mol. The van der Waals surface area contributed by atoms with E-state index in [1.54, 1.807) is 0 Å². The Kier molecular flexibility index (Phi) is 6.96. The minimum Gasteiger partial charge on any atom is -0.354 e. The topological polar surface area (TPSA) is 66.5 Å². The molecule has 0 radical (unpaired) electrons. The molecule has 7 heteroatoms. The Hall–Kier alpha value is -2.41. The fourth-order valence-corrected chi connectivity index (χ4v) is 4.09. The highest BCUT2D eigenvalue weighted by molar-refractivity contribution is 7.92. The van der Waals surface area contributed by atoms with E-state index in [-0.39, 0.29) is 5.69 Å². The van der Waals surface area contributed by atoms with Crippen LogP contribution in [0.3, 0.4) is 0 Å². The number of halogens is 1. The van der Waals surface area contributed by atoms with E-state index >= 15 is 0 Å². The summed E-state index contributed by atoms with van der Waals surface area (Å²) in [5, 5.41) is 2.78. The molecular formula is C20H25FN2O3S. The quantitative estimate of drug-likeness (QED) is 0.702. The lowest BCUT2D eigenvalue weighted by Gasteiger charge is -2.28. The van der Waals surface area contributed by atoms with Gasteiger partial charge >= 0.3 is 0 Å². The number of nitrogens with zero attached hydrogens (tertiary/aromatic N) is 1. The van der Waals surface area contributed by atoms with E-state index in [1.165, 1.54) is 42.3 Å². The van der Waals surface area contributed by atoms with Gasteiger partial charge in [0.1, 0.15) is 11.9 Å². The Morgan fingerprint density at radius 1 is 1.19 bits per heavy atom. The lowest BCUT2D eigenvalue weighted by atomic mass is 10.1. The predicted octanol–water partition coefficient (Wildman–Crippen LogP) is 3.04. The summed E-state index contributed by atoms with van der Waals surface area (Å²) in [4.78, 5) is 12.4. The van der Waals surface area contributed by atoms with Crippen LogP contribution in [0.15, 0.2) is 48.5 Å². The second kappa shape index (κ2) is 8.99. The number of benzene rings is 2. The van der Waals surface area contributed by atoms with E-state index < -0.39 is 27.8 Å². The zero-order valence-electron chi connectivity index (χ0n) is 15.8. The summed E-state index contributed by atoms with van der Waals surface area (Å²) in [5.74, 6) is -0.866. The minimum atomic E-state index is -3.70. The summed E-state index contributed by atoms with van der Waals surface area (Å²) in [6.07, 6.45) is 2.60. The number of rotatable bonds is 8. The summed E-state index contributed by atoms with van der Waals surface area (Å²) in [5.41, 5.74) is 2.64. The van der Waals surface area contributed by atoms with E-state index in [4.69, 9.17) is 0 Å². The maximum atomic E-state index is 13.1. The number of sulfonamides is 1. The van der Waals surface area contributed by atoms with Crippen molar-refractivity contribution in [2.75, 3.05) is 17.1 Å². The number of carbonyl (C=O) groups is 1. The van der Waals surface area contributed by atoms with Gasteiger partial charge in [-0.05, 0) is 56.5 Å². The van der Waals surface area contributed by atoms with Crippen molar-refractivity contribution in [2.45, 2.75) is 32.7 Å². The number of nitrogens with one attached hydrogen (secondary N) is 1. The molecule has 2 aromatic carbocycles. The van der Waals surface area contributed by atoms with Gasteiger partial charge in [0.15, 0.2) is 0 Å². The first-order valence-electron chi connectivity index (χ1n) is 8.76. The van der Waals surface area contributed by atoms with Gasteiger partial charge in [0, 0.05) is 6.54 Å². The number of amides is 1. The van der Waals surface area contributed by atoms with Gasteiger partial charge in [-0.2, -0.15) is 0 Å². The molecule has 5 nitrogen and oxygen atoms in total. The maximum Gasteiger partial charge on any atom is 0.243 e. The normalized spacial score (nSPS) is 12.4. The van der Waals surface area contributed by atoms with Crippen LogP contribution in [-0.2, 0) is 21.2 Å². The second-order valence-corrected chi connectivity index (χ2v) is 8.45. The van der Waals surface area contributed by atoms with E-state index in [0.717, 1.165) is 23.4 Å². The van der Waals surface area contributed by atoms with Gasteiger partial charge < -0.3 is 5.32 Å². The largest absolute Gasteiger partial charge is 0.354 e. The van der Waals surface area contributed by atoms with Crippen LogP contribution in [0.5, 0.6) is 0 Å². The Labute approximate surface area is 160 Å². The van der Waals surface area contributed by atoms with E-state index in [2.05, 4.69) is 11.4 Å². The molecule has 0 bridgehead atoms. The fourth-order valence-electron chi connectivity index (χ4n) is 2.92. The van der Waals surface area contributed by atoms with Crippen molar-refractivity contribution in [3.63, 3.8) is 0 Å². The molecule has 1 N–H and O–H groups in total. The molecule has 27 heavy (non-hydrogen) atoms. The predicted molar refractivity (Wildman–Crippen MR) is 106 cm³/mol. The number of carbonyl (C=O) groups excluding carboxylic acids is 1. The maximum absolute atomic E-state index is 13.1. The van der Waals surface area contributed by atoms with Crippen LogP contribution < -0.4 is 9.62 Å². The Morgan fingerprint density at radius 3 is 2.44 bits per heavy atom. The molecule has 0 saturated carbocycles. The van der Waals surface area contributed by atoms with E-state index in [9.17, 15) is 17.6 Å². The average molecular weight is 392 g/mol. The van der Waals surface area contributed by atoms with Gasteiger partial charge in [-0.3, -0.25) is 9.10 Å². The molecule has 0 fully saturated rings. The molecule has 2 rings (SSSR count). The first-order valence-corrected chi connectivity index (χ1v) is 10.6. The molecule has 0 heterocycles. The number of hydrogen-bond acceptors (Lipinski definition) is 3. The molecule has 2 aromatic rings. The molecule has 0 saturated heterocycles. The number of aryl methyl sites for hydroxylation is 2. The molecule has 1 amide bonds. The van der Waals surface area contributed by atoms with E-state index in [0.29, 0.717) is 6.54 Å². The Bertz CT molecular complexity index is 882. The molecule has 1 atom stereocenters. The minimum absolute atomic E-state index is 0.251. The van der Waals surface area contributed by atoms with Crippen molar-refractivity contribution in [1.82, 2.24) is 5.32 Å². The summed E-state index contributed by atoms with van der Waals surface area (Å²) >= 11 is 0. The third-order valence-corrected chi connectivity index (χ3v) is 5.44. The molecule has 0 unspecified atom stereocenters. The molecule has 0 spiro atoms. The van der Waals surface area contributed by atoms with Crippen molar-refractivity contribution in [3.8, 4) is 0 Å². The van der Waals surface area contributed by atoms with Crippen LogP contribution in [0.1, 0.15) is 24.5 Å². The average Bonchev–Trinajstić information content (AvgIpc) is 2.59. The Balaban J connectivity index is 1.97. The van der Waals surface area contributed by atoms with Crippen molar-refractivity contribution < 1.29 is 17.6 Å². The van der Waals surface area contributed by atoms with Crippen molar-refractivity contribution in [2.24, 2.45) is 0 Å². The van der Waals surface area contributed by atoms with Crippen molar-refractivity contribution in [1.29, 1.82) is 0 Å². The third kappa shape index (κ3) is 6.06. The SMILES string of the molecule is Cc1cccc(CCCNC(=O)[C@H](C)N(c2ccc(F)cc2)S(C)(=O)=O)c1. The van der Waals surface area contributed by atoms with Gasteiger partial charge in [-0.25, -0.2) is 12.8 Å². The van der Waals surface area contributed by atoms with Crippen LogP contribution in [0, 0.1) is 12.7 Å². The molecule has 0 aromatic heterocycles. The van der Waals surface area contributed by atoms with Crippen LogP contribution >= 0.6 is 0 Å². The molecule has 0 aliphatic rings. The van der Waals surface area contributed by atoms with E-state index in [1.807, 2.05) is 25.1 Å². The molecule has 0 aliphatic heterocycles.